The number of aromatic nitrogens is 2. The van der Waals surface area contributed by atoms with Crippen LogP contribution in [0.25, 0.3) is 11.3 Å². The standard InChI is InChI=1S/C36H41F4N5O4/c1-22(2)30-9-10-31(43-42-30)23-5-7-27(8-6-23)49-32-20-28(29(37)18-24(32)21-44-14-3-4-34(44)46)35(47)41-25-11-15-45(26-12-16-48-17-13-26)33(19-25)36(38,39)40/h5-10,18,20,22,25-26,33H,3-4,11-17,19,21H2,1-2H3,(H,41,47). The Morgan fingerprint density at radius 2 is 1.80 bits per heavy atom. The van der Waals surface area contributed by atoms with Crippen LogP contribution in [0, 0.1) is 5.82 Å². The zero-order chi connectivity index (χ0) is 34.7. The highest BCUT2D eigenvalue weighted by Crippen LogP contribution is 2.36. The van der Waals surface area contributed by atoms with Crippen LogP contribution >= 0.6 is 0 Å². The van der Waals surface area contributed by atoms with Crippen LogP contribution in [0.1, 0.15) is 79.9 Å². The molecule has 3 aromatic rings. The minimum atomic E-state index is -4.48. The van der Waals surface area contributed by atoms with Crippen LogP contribution in [0.5, 0.6) is 11.5 Å². The molecule has 3 saturated heterocycles. The van der Waals surface area contributed by atoms with Gasteiger partial charge in [-0.2, -0.15) is 23.4 Å². The predicted molar refractivity (Wildman–Crippen MR) is 174 cm³/mol. The fraction of sp³-hybridized carbons (Fsp3) is 0.500. The molecule has 13 heteroatoms. The normalized spacial score (nSPS) is 21.0. The average Bonchev–Trinajstić information content (AvgIpc) is 3.49. The third kappa shape index (κ3) is 8.21. The summed E-state index contributed by atoms with van der Waals surface area (Å²) in [4.78, 5) is 29.0. The van der Waals surface area contributed by atoms with E-state index in [1.807, 2.05) is 26.0 Å². The third-order valence-electron chi connectivity index (χ3n) is 9.60. The number of hydrogen-bond donors (Lipinski definition) is 1. The molecule has 0 spiro atoms. The summed E-state index contributed by atoms with van der Waals surface area (Å²) in [6.07, 6.45) is -2.39. The number of ether oxygens (including phenoxy) is 2. The molecule has 4 heterocycles. The summed E-state index contributed by atoms with van der Waals surface area (Å²) in [6, 6.07) is 10.5. The topological polar surface area (TPSA) is 96.9 Å². The SMILES string of the molecule is CC(C)c1ccc(-c2ccc(Oc3cc(C(=O)NC4CCN(C5CCOCC5)C(C(F)(F)F)C4)c(F)cc3CN3CCCC3=O)cc2)nn1. The van der Waals surface area contributed by atoms with Gasteiger partial charge in [-0.1, -0.05) is 13.8 Å². The first kappa shape index (κ1) is 34.8. The quantitative estimate of drug-likeness (QED) is 0.253. The van der Waals surface area contributed by atoms with Crippen LogP contribution in [0.15, 0.2) is 48.5 Å². The summed E-state index contributed by atoms with van der Waals surface area (Å²) in [5.74, 6) is -0.920. The molecular formula is C36H41F4N5O4. The van der Waals surface area contributed by atoms with Crippen molar-refractivity contribution in [3.05, 3.63) is 71.2 Å². The van der Waals surface area contributed by atoms with Crippen LogP contribution in [-0.2, 0) is 16.1 Å². The van der Waals surface area contributed by atoms with Gasteiger partial charge in [0.15, 0.2) is 0 Å². The van der Waals surface area contributed by atoms with Crippen molar-refractivity contribution >= 4 is 11.8 Å². The molecule has 3 aliphatic heterocycles. The molecule has 49 heavy (non-hydrogen) atoms. The van der Waals surface area contributed by atoms with E-state index < -0.39 is 30.0 Å². The number of benzene rings is 2. The van der Waals surface area contributed by atoms with Crippen molar-refractivity contribution in [3.8, 4) is 22.8 Å². The van der Waals surface area contributed by atoms with Crippen LogP contribution < -0.4 is 10.1 Å². The molecule has 6 rings (SSSR count). The van der Waals surface area contributed by atoms with Crippen molar-refractivity contribution in [1.82, 2.24) is 25.3 Å². The van der Waals surface area contributed by atoms with E-state index in [1.54, 1.807) is 29.2 Å². The third-order valence-corrected chi connectivity index (χ3v) is 9.60. The van der Waals surface area contributed by atoms with Gasteiger partial charge in [-0.3, -0.25) is 14.5 Å². The van der Waals surface area contributed by atoms with Crippen molar-refractivity contribution in [2.45, 2.75) is 89.1 Å². The van der Waals surface area contributed by atoms with E-state index in [4.69, 9.17) is 9.47 Å². The number of halogens is 4. The lowest BCUT2D eigenvalue weighted by Crippen LogP contribution is -2.59. The molecule has 2 unspecified atom stereocenters. The highest BCUT2D eigenvalue weighted by atomic mass is 19.4. The number of carbonyl (C=O) groups excluding carboxylic acids is 2. The van der Waals surface area contributed by atoms with Crippen LogP contribution in [0.3, 0.4) is 0 Å². The highest BCUT2D eigenvalue weighted by molar-refractivity contribution is 5.95. The number of likely N-dealkylation sites (tertiary alicyclic amines) is 2. The van der Waals surface area contributed by atoms with Gasteiger partial charge in [0.25, 0.3) is 5.91 Å². The van der Waals surface area contributed by atoms with E-state index in [0.717, 1.165) is 11.3 Å². The molecule has 0 aliphatic carbocycles. The van der Waals surface area contributed by atoms with Gasteiger partial charge < -0.3 is 19.7 Å². The molecule has 9 nitrogen and oxygen atoms in total. The lowest BCUT2D eigenvalue weighted by atomic mass is 9.92. The van der Waals surface area contributed by atoms with E-state index in [2.05, 4.69) is 15.5 Å². The molecule has 3 fully saturated rings. The number of nitrogens with zero attached hydrogens (tertiary/aromatic N) is 4. The number of rotatable bonds is 9. The minimum Gasteiger partial charge on any atom is -0.457 e. The number of nitrogens with one attached hydrogen (secondary N) is 1. The van der Waals surface area contributed by atoms with Gasteiger partial charge in [0.2, 0.25) is 5.91 Å². The van der Waals surface area contributed by atoms with Crippen LogP contribution in [0.2, 0.25) is 0 Å². The second-order valence-electron chi connectivity index (χ2n) is 13.3. The van der Waals surface area contributed by atoms with Gasteiger partial charge in [0.1, 0.15) is 23.4 Å². The van der Waals surface area contributed by atoms with Gasteiger partial charge in [0.05, 0.1) is 17.0 Å². The number of carbonyl (C=O) groups is 2. The number of alkyl halides is 3. The fourth-order valence-electron chi connectivity index (χ4n) is 6.84. The predicted octanol–water partition coefficient (Wildman–Crippen LogP) is 6.62. The first-order valence-corrected chi connectivity index (χ1v) is 16.9. The lowest BCUT2D eigenvalue weighted by molar-refractivity contribution is -0.203. The minimum absolute atomic E-state index is 0.0616. The van der Waals surface area contributed by atoms with E-state index in [9.17, 15) is 22.8 Å². The Hall–Kier alpha value is -4.10. The fourth-order valence-corrected chi connectivity index (χ4v) is 6.84. The van der Waals surface area contributed by atoms with Gasteiger partial charge in [-0.15, -0.1) is 0 Å². The number of hydrogen-bond acceptors (Lipinski definition) is 7. The number of piperidine rings is 1. The van der Waals surface area contributed by atoms with E-state index in [0.29, 0.717) is 68.9 Å². The molecule has 2 aromatic carbocycles. The summed E-state index contributed by atoms with van der Waals surface area (Å²) in [5, 5.41) is 11.3. The summed E-state index contributed by atoms with van der Waals surface area (Å²) in [5.41, 5.74) is 2.38. The van der Waals surface area contributed by atoms with Gasteiger partial charge in [0, 0.05) is 62.5 Å². The first-order valence-electron chi connectivity index (χ1n) is 16.9. The zero-order valence-corrected chi connectivity index (χ0v) is 27.6. The molecule has 1 aromatic heterocycles. The average molecular weight is 684 g/mol. The van der Waals surface area contributed by atoms with Crippen LogP contribution in [-0.4, -0.2) is 82.4 Å². The van der Waals surface area contributed by atoms with E-state index in [-0.39, 0.29) is 48.7 Å². The van der Waals surface area contributed by atoms with Gasteiger partial charge >= 0.3 is 6.18 Å². The Kier molecular flexibility index (Phi) is 10.5. The molecule has 0 radical (unpaired) electrons. The number of amides is 2. The summed E-state index contributed by atoms with van der Waals surface area (Å²) in [6.45, 7) is 5.67. The Bertz CT molecular complexity index is 1630. The Morgan fingerprint density at radius 1 is 1.04 bits per heavy atom. The zero-order valence-electron chi connectivity index (χ0n) is 27.6. The second kappa shape index (κ2) is 14.8. The van der Waals surface area contributed by atoms with Gasteiger partial charge in [-0.25, -0.2) is 4.39 Å². The monoisotopic (exact) mass is 683 g/mol. The lowest BCUT2D eigenvalue weighted by Gasteiger charge is -2.45. The maximum atomic E-state index is 15.6. The molecule has 0 saturated carbocycles. The van der Waals surface area contributed by atoms with Crippen molar-refractivity contribution in [1.29, 1.82) is 0 Å². The molecular weight excluding hydrogens is 642 g/mol. The maximum Gasteiger partial charge on any atom is 0.404 e. The summed E-state index contributed by atoms with van der Waals surface area (Å²) >= 11 is 0. The van der Waals surface area contributed by atoms with Gasteiger partial charge in [-0.05, 0) is 86.6 Å². The molecule has 2 atom stereocenters. The van der Waals surface area contributed by atoms with E-state index >= 15 is 4.39 Å². The molecule has 3 aliphatic rings. The largest absolute Gasteiger partial charge is 0.457 e. The van der Waals surface area contributed by atoms with E-state index in [1.165, 1.54) is 17.0 Å². The van der Waals surface area contributed by atoms with Crippen molar-refractivity contribution in [2.24, 2.45) is 0 Å². The van der Waals surface area contributed by atoms with Crippen molar-refractivity contribution in [3.63, 3.8) is 0 Å². The van der Waals surface area contributed by atoms with Crippen molar-refractivity contribution in [2.75, 3.05) is 26.3 Å². The Balaban J connectivity index is 1.21. The van der Waals surface area contributed by atoms with Crippen molar-refractivity contribution < 1.29 is 36.6 Å². The summed E-state index contributed by atoms with van der Waals surface area (Å²) in [7, 11) is 0. The summed E-state index contributed by atoms with van der Waals surface area (Å²) < 4.78 is 69.8. The Labute approximate surface area is 283 Å². The molecule has 1 N–H and O–H groups in total. The van der Waals surface area contributed by atoms with Crippen LogP contribution in [0.4, 0.5) is 17.6 Å². The smallest absolute Gasteiger partial charge is 0.404 e. The molecule has 0 bridgehead atoms. The first-order chi connectivity index (χ1) is 23.5. The second-order valence-corrected chi connectivity index (χ2v) is 13.3. The Morgan fingerprint density at radius 3 is 2.43 bits per heavy atom. The molecule has 262 valence electrons. The molecule has 2 amide bonds. The highest BCUT2D eigenvalue weighted by Gasteiger charge is 2.49. The maximum absolute atomic E-state index is 15.6.